The lowest BCUT2D eigenvalue weighted by atomic mass is 9.82. The third kappa shape index (κ3) is 10.6. The number of anilines is 2. The molecule has 0 radical (unpaired) electrons. The standard InChI is InChI=1S/C57H72F2N10O8/c1-57(2)19-23-66(24-20-57)50-38(58)31-37(32-39(50)59)69-44(35-9-11-40-42(29-35)62-51(60-40)46-7-5-21-67(46)53(70)48(64-55(72)74-3)33-15-25-76-26-16-33)13-14-45(69)36-10-12-41-43(30-36)63-52(61-41)47-8-6-22-68(47)54(71)49(65-56(73)75-4)34-17-27-77-28-18-34/h9-12,29-34,44-49H,5-8,13-28H2,1-4H3,(H,60,62)(H,61,63)(H,64,72)(H,65,73)/t44-,45-,46+,47+,48+,49+/m1/s1. The van der Waals surface area contributed by atoms with Crippen LogP contribution in [-0.2, 0) is 28.5 Å². The van der Waals surface area contributed by atoms with Crippen LogP contribution in [0, 0.1) is 28.9 Å². The number of alkyl carbamates (subject to hydrolysis) is 2. The lowest BCUT2D eigenvalue weighted by molar-refractivity contribution is -0.137. The van der Waals surface area contributed by atoms with Gasteiger partial charge in [-0.3, -0.25) is 9.59 Å². The lowest BCUT2D eigenvalue weighted by Crippen LogP contribution is -2.53. The van der Waals surface area contributed by atoms with Crippen molar-refractivity contribution in [2.75, 3.05) is 76.6 Å². The summed E-state index contributed by atoms with van der Waals surface area (Å²) in [7, 11) is 2.59. The molecule has 6 aliphatic heterocycles. The van der Waals surface area contributed by atoms with Crippen LogP contribution in [-0.4, -0.2) is 133 Å². The normalized spacial score (nSPS) is 24.1. The number of carbonyl (C=O) groups is 4. The molecule has 6 saturated heterocycles. The molecule has 4 N–H and O–H groups in total. The number of ether oxygens (including phenoxy) is 4. The molecular formula is C57H72F2N10O8. The minimum absolute atomic E-state index is 0.00792. The number of imidazole rings is 2. The molecule has 0 unspecified atom stereocenters. The monoisotopic (exact) mass is 1060 g/mol. The van der Waals surface area contributed by atoms with Crippen LogP contribution in [0.25, 0.3) is 22.1 Å². The molecule has 0 saturated carbocycles. The van der Waals surface area contributed by atoms with Gasteiger partial charge in [0.2, 0.25) is 11.8 Å². The Labute approximate surface area is 447 Å². The van der Waals surface area contributed by atoms with Gasteiger partial charge in [0.05, 0.1) is 60.5 Å². The fourth-order valence-corrected chi connectivity index (χ4v) is 13.2. The van der Waals surface area contributed by atoms with Crippen LogP contribution in [0.3, 0.4) is 0 Å². The third-order valence-corrected chi connectivity index (χ3v) is 17.6. The van der Waals surface area contributed by atoms with E-state index >= 15 is 8.78 Å². The molecule has 77 heavy (non-hydrogen) atoms. The highest BCUT2D eigenvalue weighted by molar-refractivity contribution is 5.88. The van der Waals surface area contributed by atoms with Crippen LogP contribution < -0.4 is 20.4 Å². The first-order chi connectivity index (χ1) is 37.3. The number of hydrogen-bond donors (Lipinski definition) is 4. The summed E-state index contributed by atoms with van der Waals surface area (Å²) in [4.78, 5) is 78.7. The Morgan fingerprint density at radius 1 is 0.623 bits per heavy atom. The fourth-order valence-electron chi connectivity index (χ4n) is 13.2. The topological polar surface area (TPSA) is 200 Å². The fraction of sp³-hybridized carbons (Fsp3) is 0.579. The van der Waals surface area contributed by atoms with Crippen molar-refractivity contribution in [2.45, 2.75) is 127 Å². The molecule has 6 aliphatic rings. The second-order valence-corrected chi connectivity index (χ2v) is 22.7. The quantitative estimate of drug-likeness (QED) is 0.0926. The number of aromatic amines is 2. The molecule has 412 valence electrons. The largest absolute Gasteiger partial charge is 0.453 e. The Morgan fingerprint density at radius 3 is 1.49 bits per heavy atom. The number of methoxy groups -OCH3 is 2. The Kier molecular flexibility index (Phi) is 15.0. The predicted molar refractivity (Wildman–Crippen MR) is 284 cm³/mol. The summed E-state index contributed by atoms with van der Waals surface area (Å²) in [6.45, 7) is 8.62. The Balaban J connectivity index is 0.898. The third-order valence-electron chi connectivity index (χ3n) is 17.6. The number of halogens is 2. The van der Waals surface area contributed by atoms with Gasteiger partial charge < -0.3 is 59.1 Å². The molecule has 0 spiro atoms. The maximum absolute atomic E-state index is 16.7. The molecule has 3 aromatic carbocycles. The van der Waals surface area contributed by atoms with Crippen molar-refractivity contribution in [3.05, 3.63) is 82.9 Å². The summed E-state index contributed by atoms with van der Waals surface area (Å²) in [5.41, 5.74) is 5.44. The van der Waals surface area contributed by atoms with E-state index in [0.29, 0.717) is 121 Å². The zero-order chi connectivity index (χ0) is 53.5. The Morgan fingerprint density at radius 2 is 1.06 bits per heavy atom. The first-order valence-electron chi connectivity index (χ1n) is 27.7. The molecule has 18 nitrogen and oxygen atoms in total. The summed E-state index contributed by atoms with van der Waals surface area (Å²) in [5, 5.41) is 5.66. The minimum Gasteiger partial charge on any atom is -0.453 e. The molecule has 20 heteroatoms. The molecule has 8 heterocycles. The van der Waals surface area contributed by atoms with Gasteiger partial charge in [-0.1, -0.05) is 26.0 Å². The van der Waals surface area contributed by atoms with E-state index < -0.39 is 35.9 Å². The summed E-state index contributed by atoms with van der Waals surface area (Å²) < 4.78 is 54.5. The number of piperidine rings is 1. The summed E-state index contributed by atoms with van der Waals surface area (Å²) in [5.74, 6) is -0.413. The number of fused-ring (bicyclic) bond motifs is 2. The number of rotatable bonds is 12. The molecule has 0 bridgehead atoms. The highest BCUT2D eigenvalue weighted by atomic mass is 19.1. The maximum Gasteiger partial charge on any atom is 0.407 e. The van der Waals surface area contributed by atoms with Gasteiger partial charge in [-0.2, -0.15) is 0 Å². The van der Waals surface area contributed by atoms with Crippen LogP contribution in [0.2, 0.25) is 0 Å². The van der Waals surface area contributed by atoms with Gasteiger partial charge in [0.25, 0.3) is 0 Å². The van der Waals surface area contributed by atoms with E-state index in [0.717, 1.165) is 58.9 Å². The second kappa shape index (κ2) is 22.1. The first kappa shape index (κ1) is 52.5. The number of likely N-dealkylation sites (tertiary alicyclic amines) is 2. The molecule has 5 aromatic rings. The molecule has 6 fully saturated rings. The van der Waals surface area contributed by atoms with Crippen LogP contribution in [0.4, 0.5) is 29.7 Å². The molecule has 6 atom stereocenters. The number of aromatic nitrogens is 4. The van der Waals surface area contributed by atoms with Gasteiger partial charge in [-0.15, -0.1) is 0 Å². The molecule has 0 aliphatic carbocycles. The van der Waals surface area contributed by atoms with Gasteiger partial charge >= 0.3 is 12.2 Å². The maximum atomic E-state index is 16.7. The van der Waals surface area contributed by atoms with Crippen molar-refractivity contribution in [3.63, 3.8) is 0 Å². The van der Waals surface area contributed by atoms with E-state index in [9.17, 15) is 19.2 Å². The van der Waals surface area contributed by atoms with Crippen LogP contribution in [0.5, 0.6) is 0 Å². The number of nitrogens with zero attached hydrogens (tertiary/aromatic N) is 6. The molecule has 11 rings (SSSR count). The van der Waals surface area contributed by atoms with Crippen molar-refractivity contribution in [1.82, 2.24) is 40.4 Å². The number of hydrogen-bond acceptors (Lipinski definition) is 12. The van der Waals surface area contributed by atoms with E-state index in [1.165, 1.54) is 26.4 Å². The minimum atomic E-state index is -0.761. The van der Waals surface area contributed by atoms with Crippen molar-refractivity contribution in [3.8, 4) is 0 Å². The second-order valence-electron chi connectivity index (χ2n) is 22.7. The molecule has 2 aromatic heterocycles. The van der Waals surface area contributed by atoms with Crippen molar-refractivity contribution in [2.24, 2.45) is 17.3 Å². The Bertz CT molecular complexity index is 2800. The molecule has 4 amide bonds. The van der Waals surface area contributed by atoms with Crippen molar-refractivity contribution in [1.29, 1.82) is 0 Å². The highest BCUT2D eigenvalue weighted by Gasteiger charge is 2.43. The lowest BCUT2D eigenvalue weighted by Gasteiger charge is -2.39. The zero-order valence-corrected chi connectivity index (χ0v) is 44.6. The van der Waals surface area contributed by atoms with E-state index in [2.05, 4.69) is 51.5 Å². The Hall–Kier alpha value is -6.54. The van der Waals surface area contributed by atoms with Crippen LogP contribution in [0.15, 0.2) is 48.5 Å². The van der Waals surface area contributed by atoms with Crippen molar-refractivity contribution >= 4 is 57.4 Å². The number of benzene rings is 3. The van der Waals surface area contributed by atoms with Crippen LogP contribution in [0.1, 0.15) is 138 Å². The smallest absolute Gasteiger partial charge is 0.407 e. The summed E-state index contributed by atoms with van der Waals surface area (Å²) in [6.07, 6.45) is 7.22. The predicted octanol–water partition coefficient (Wildman–Crippen LogP) is 9.06. The average Bonchev–Trinajstić information content (AvgIpc) is 4.42. The first-order valence-corrected chi connectivity index (χ1v) is 27.7. The van der Waals surface area contributed by atoms with E-state index in [1.807, 2.05) is 39.0 Å². The van der Waals surface area contributed by atoms with Gasteiger partial charge in [0.1, 0.15) is 29.4 Å². The zero-order valence-electron chi connectivity index (χ0n) is 44.6. The van der Waals surface area contributed by atoms with Gasteiger partial charge in [0, 0.05) is 58.3 Å². The number of H-pyrrole nitrogens is 2. The number of nitrogens with one attached hydrogen (secondary N) is 4. The van der Waals surface area contributed by atoms with E-state index in [1.54, 1.807) is 0 Å². The highest BCUT2D eigenvalue weighted by Crippen LogP contribution is 2.49. The summed E-state index contributed by atoms with van der Waals surface area (Å²) >= 11 is 0. The molecular weight excluding hydrogens is 991 g/mol. The van der Waals surface area contributed by atoms with Gasteiger partial charge in [0.15, 0.2) is 11.6 Å². The average molecular weight is 1060 g/mol. The van der Waals surface area contributed by atoms with Crippen LogP contribution >= 0.6 is 0 Å². The van der Waals surface area contributed by atoms with Gasteiger partial charge in [-0.05, 0) is 142 Å². The SMILES string of the molecule is COC(=O)N[C@H](C(=O)N1CCC[C@H]1c1nc2ccc([C@H]3CC[C@H](c4ccc5nc([C@@H]6CCCN6C(=O)[C@@H](NC(=O)OC)C6CCOCC6)[nH]c5c4)N3c3cc(F)c(N4CCC(C)(C)CC4)c(F)c3)cc2[nH]1)C1CCOCC1. The van der Waals surface area contributed by atoms with Crippen molar-refractivity contribution < 1.29 is 46.9 Å². The number of carbonyl (C=O) groups excluding carboxylic acids is 4. The summed E-state index contributed by atoms with van der Waals surface area (Å²) in [6, 6.07) is 12.3. The van der Waals surface area contributed by atoms with E-state index in [4.69, 9.17) is 28.9 Å². The van der Waals surface area contributed by atoms with Gasteiger partial charge in [-0.25, -0.2) is 28.3 Å². The van der Waals surface area contributed by atoms with E-state index in [-0.39, 0.29) is 58.9 Å². The number of amides is 4.